The Bertz CT molecular complexity index is 1100. The Hall–Kier alpha value is -3.23. The number of thiocarbonyl (C=S) groups is 1. The lowest BCUT2D eigenvalue weighted by Gasteiger charge is -2.40. The summed E-state index contributed by atoms with van der Waals surface area (Å²) in [6.07, 6.45) is 0. The Morgan fingerprint density at radius 2 is 1.97 bits per heavy atom. The second kappa shape index (κ2) is 8.25. The number of aliphatic hydroxyl groups excluding tert-OH is 1. The summed E-state index contributed by atoms with van der Waals surface area (Å²) in [6.45, 7) is 0.342. The van der Waals surface area contributed by atoms with Gasteiger partial charge in [-0.3, -0.25) is 10.1 Å². The molecule has 0 saturated carbocycles. The fraction of sp³-hybridized carbons (Fsp3) is 0.227. The average Bonchev–Trinajstić information content (AvgIpc) is 2.77. The van der Waals surface area contributed by atoms with Crippen LogP contribution in [0.1, 0.15) is 11.6 Å². The predicted molar refractivity (Wildman–Crippen MR) is 120 cm³/mol. The Kier molecular flexibility index (Phi) is 5.52. The van der Waals surface area contributed by atoms with Crippen LogP contribution in [0.15, 0.2) is 60.7 Å². The molecule has 0 fully saturated rings. The molecule has 0 saturated heterocycles. The molecule has 1 aliphatic rings. The van der Waals surface area contributed by atoms with E-state index in [1.54, 1.807) is 12.1 Å². The van der Waals surface area contributed by atoms with Crippen LogP contribution < -0.4 is 10.1 Å². The van der Waals surface area contributed by atoms with Crippen LogP contribution in [0.25, 0.3) is 10.8 Å². The van der Waals surface area contributed by atoms with E-state index in [0.29, 0.717) is 17.4 Å². The average molecular weight is 423 g/mol. The Balaban J connectivity index is 1.67. The van der Waals surface area contributed by atoms with Gasteiger partial charge in [0.1, 0.15) is 5.75 Å². The zero-order valence-electron chi connectivity index (χ0n) is 16.3. The molecule has 0 aromatic heterocycles. The molecule has 2 N–H and O–H groups in total. The highest BCUT2D eigenvalue weighted by molar-refractivity contribution is 7.80. The number of non-ortho nitro benzene ring substituents is 1. The minimum atomic E-state index is -0.440. The monoisotopic (exact) mass is 423 g/mol. The second-order valence-electron chi connectivity index (χ2n) is 7.24. The topological polar surface area (TPSA) is 87.9 Å². The molecular formula is C22H21N3O4S. The van der Waals surface area contributed by atoms with E-state index >= 15 is 0 Å². The number of anilines is 1. The van der Waals surface area contributed by atoms with Crippen molar-refractivity contribution in [3.05, 3.63) is 76.3 Å². The van der Waals surface area contributed by atoms with Gasteiger partial charge in [0, 0.05) is 36.3 Å². The number of hydrogen-bond donors (Lipinski definition) is 2. The van der Waals surface area contributed by atoms with Gasteiger partial charge in [0.15, 0.2) is 5.11 Å². The van der Waals surface area contributed by atoms with Crippen molar-refractivity contribution in [3.8, 4) is 5.75 Å². The highest BCUT2D eigenvalue weighted by atomic mass is 32.1. The van der Waals surface area contributed by atoms with Crippen LogP contribution in [0.2, 0.25) is 0 Å². The summed E-state index contributed by atoms with van der Waals surface area (Å²) in [4.78, 5) is 12.3. The molecule has 7 nitrogen and oxygen atoms in total. The number of ether oxygens (including phenoxy) is 1. The Morgan fingerprint density at radius 3 is 2.67 bits per heavy atom. The van der Waals surface area contributed by atoms with E-state index in [4.69, 9.17) is 17.0 Å². The van der Waals surface area contributed by atoms with Crippen molar-refractivity contribution in [2.75, 3.05) is 25.6 Å². The van der Waals surface area contributed by atoms with Crippen LogP contribution in [0.4, 0.5) is 11.4 Å². The summed E-state index contributed by atoms with van der Waals surface area (Å²) in [6, 6.07) is 18.0. The number of aliphatic hydroxyl groups is 1. The minimum Gasteiger partial charge on any atom is -0.493 e. The molecule has 3 aromatic carbocycles. The molecule has 3 aromatic rings. The van der Waals surface area contributed by atoms with E-state index in [-0.39, 0.29) is 24.3 Å². The second-order valence-corrected chi connectivity index (χ2v) is 7.63. The van der Waals surface area contributed by atoms with Gasteiger partial charge in [-0.05, 0) is 41.2 Å². The van der Waals surface area contributed by atoms with E-state index in [1.807, 2.05) is 48.3 Å². The zero-order chi connectivity index (χ0) is 21.3. The summed E-state index contributed by atoms with van der Waals surface area (Å²) >= 11 is 5.64. The number of benzene rings is 3. The molecule has 8 heteroatoms. The fourth-order valence-corrected chi connectivity index (χ4v) is 4.13. The number of nitro groups is 1. The normalized spacial score (nSPS) is 17.7. The van der Waals surface area contributed by atoms with Gasteiger partial charge in [0.05, 0.1) is 24.2 Å². The van der Waals surface area contributed by atoms with Crippen LogP contribution in [0, 0.1) is 16.0 Å². The maximum Gasteiger partial charge on any atom is 0.269 e. The van der Waals surface area contributed by atoms with Crippen molar-refractivity contribution < 1.29 is 14.8 Å². The maximum atomic E-state index is 10.9. The number of nitrogens with zero attached hydrogens (tertiary/aromatic N) is 2. The highest BCUT2D eigenvalue weighted by Crippen LogP contribution is 2.43. The fourth-order valence-electron chi connectivity index (χ4n) is 3.90. The first-order chi connectivity index (χ1) is 14.5. The van der Waals surface area contributed by atoms with Gasteiger partial charge < -0.3 is 20.1 Å². The van der Waals surface area contributed by atoms with Gasteiger partial charge >= 0.3 is 0 Å². The van der Waals surface area contributed by atoms with Gasteiger partial charge in [-0.25, -0.2) is 0 Å². The minimum absolute atomic E-state index is 0.0185. The molecule has 0 radical (unpaired) electrons. The smallest absolute Gasteiger partial charge is 0.269 e. The van der Waals surface area contributed by atoms with E-state index in [1.165, 1.54) is 12.1 Å². The number of rotatable bonds is 4. The van der Waals surface area contributed by atoms with E-state index in [0.717, 1.165) is 22.1 Å². The van der Waals surface area contributed by atoms with E-state index in [2.05, 4.69) is 5.32 Å². The van der Waals surface area contributed by atoms with Crippen molar-refractivity contribution in [1.29, 1.82) is 0 Å². The third-order valence-electron chi connectivity index (χ3n) is 5.43. The van der Waals surface area contributed by atoms with Crippen LogP contribution in [0.5, 0.6) is 5.75 Å². The van der Waals surface area contributed by atoms with Gasteiger partial charge in [0.25, 0.3) is 5.69 Å². The molecule has 4 rings (SSSR count). The van der Waals surface area contributed by atoms with E-state index in [9.17, 15) is 15.2 Å². The van der Waals surface area contributed by atoms with Crippen molar-refractivity contribution in [1.82, 2.24) is 4.90 Å². The largest absolute Gasteiger partial charge is 0.493 e. The van der Waals surface area contributed by atoms with Gasteiger partial charge in [-0.15, -0.1) is 0 Å². The summed E-state index contributed by atoms with van der Waals surface area (Å²) in [5, 5.41) is 26.6. The molecule has 1 heterocycles. The summed E-state index contributed by atoms with van der Waals surface area (Å²) in [5.74, 6) is 0.623. The van der Waals surface area contributed by atoms with Gasteiger partial charge in [-0.1, -0.05) is 30.3 Å². The number of nitro benzene ring substituents is 1. The molecule has 0 bridgehead atoms. The molecule has 30 heavy (non-hydrogen) atoms. The third kappa shape index (κ3) is 3.67. The molecule has 0 spiro atoms. The first kappa shape index (κ1) is 20.1. The molecule has 1 aliphatic heterocycles. The van der Waals surface area contributed by atoms with Crippen LogP contribution >= 0.6 is 12.2 Å². The molecule has 0 amide bonds. The number of hydrogen-bond acceptors (Lipinski definition) is 5. The summed E-state index contributed by atoms with van der Waals surface area (Å²) in [5.41, 5.74) is 1.67. The lowest BCUT2D eigenvalue weighted by Crippen LogP contribution is -2.43. The number of fused-ring (bicyclic) bond motifs is 3. The van der Waals surface area contributed by atoms with Crippen LogP contribution in [0.3, 0.4) is 0 Å². The maximum absolute atomic E-state index is 10.9. The Morgan fingerprint density at radius 1 is 1.23 bits per heavy atom. The van der Waals surface area contributed by atoms with Gasteiger partial charge in [-0.2, -0.15) is 0 Å². The lowest BCUT2D eigenvalue weighted by molar-refractivity contribution is -0.384. The zero-order valence-corrected chi connectivity index (χ0v) is 17.1. The van der Waals surface area contributed by atoms with Gasteiger partial charge in [0.2, 0.25) is 0 Å². The highest BCUT2D eigenvalue weighted by Gasteiger charge is 2.36. The van der Waals surface area contributed by atoms with Crippen molar-refractivity contribution in [3.63, 3.8) is 0 Å². The van der Waals surface area contributed by atoms with Crippen molar-refractivity contribution in [2.45, 2.75) is 6.04 Å². The lowest BCUT2D eigenvalue weighted by atomic mass is 9.87. The summed E-state index contributed by atoms with van der Waals surface area (Å²) < 4.78 is 5.93. The first-order valence-electron chi connectivity index (χ1n) is 9.53. The molecule has 0 unspecified atom stereocenters. The molecule has 0 aliphatic carbocycles. The quantitative estimate of drug-likeness (QED) is 0.371. The van der Waals surface area contributed by atoms with Crippen LogP contribution in [-0.2, 0) is 0 Å². The van der Waals surface area contributed by atoms with E-state index < -0.39 is 4.92 Å². The SMILES string of the molecule is CN(C(=S)Nc1ccc([N+](=O)[O-])cc1)[C@H]1c2c(ccc3ccccc23)OC[C@H]1CO. The third-order valence-corrected chi connectivity index (χ3v) is 5.82. The van der Waals surface area contributed by atoms with Crippen molar-refractivity contribution in [2.24, 2.45) is 5.92 Å². The predicted octanol–water partition coefficient (Wildman–Crippen LogP) is 4.12. The molecular weight excluding hydrogens is 402 g/mol. The summed E-state index contributed by atoms with van der Waals surface area (Å²) in [7, 11) is 1.88. The molecule has 154 valence electrons. The Labute approximate surface area is 179 Å². The number of nitrogens with one attached hydrogen (secondary N) is 1. The standard InChI is InChI=1S/C22H21N3O4S/c1-24(22(30)23-16-7-9-17(10-8-16)25(27)28)21-15(12-26)13-29-19-11-6-14-4-2-3-5-18(14)20(19)21/h2-11,15,21,26H,12-13H2,1H3,(H,23,30)/t15-,21-/m1/s1. The van der Waals surface area contributed by atoms with Crippen molar-refractivity contribution >= 4 is 39.5 Å². The first-order valence-corrected chi connectivity index (χ1v) is 9.94. The van der Waals surface area contributed by atoms with Crippen LogP contribution in [-0.4, -0.2) is 40.3 Å². The molecule has 2 atom stereocenters.